The Kier molecular flexibility index (Phi) is 7.93. The number of thioether (sulfide) groups is 1. The molecule has 0 aliphatic heterocycles. The molecule has 2 aromatic carbocycles. The number of rotatable bonds is 9. The number of anilines is 1. The summed E-state index contributed by atoms with van der Waals surface area (Å²) in [5.74, 6) is 0.699. The van der Waals surface area contributed by atoms with Gasteiger partial charge in [0.15, 0.2) is 17.1 Å². The third kappa shape index (κ3) is 5.89. The van der Waals surface area contributed by atoms with Crippen molar-refractivity contribution < 1.29 is 13.9 Å². The molecule has 1 atom stereocenters. The summed E-state index contributed by atoms with van der Waals surface area (Å²) in [7, 11) is 0. The number of nitrogens with zero attached hydrogens (tertiary/aromatic N) is 3. The van der Waals surface area contributed by atoms with Gasteiger partial charge in [0, 0.05) is 12.2 Å². The molecule has 0 spiro atoms. The number of nitrogens with one attached hydrogen (secondary N) is 1. The monoisotopic (exact) mass is 474 g/mol. The first kappa shape index (κ1) is 23.8. The van der Waals surface area contributed by atoms with Crippen LogP contribution in [0.2, 0.25) is 5.02 Å². The fourth-order valence-electron chi connectivity index (χ4n) is 3.08. The molecule has 168 valence electrons. The van der Waals surface area contributed by atoms with Crippen LogP contribution >= 0.6 is 23.4 Å². The van der Waals surface area contributed by atoms with Gasteiger partial charge in [0.2, 0.25) is 5.91 Å². The van der Waals surface area contributed by atoms with Crippen molar-refractivity contribution in [3.05, 3.63) is 76.8 Å². The predicted molar refractivity (Wildman–Crippen MR) is 126 cm³/mol. The summed E-state index contributed by atoms with van der Waals surface area (Å²) in [6.45, 7) is 10.2. The van der Waals surface area contributed by atoms with Crippen molar-refractivity contribution in [3.63, 3.8) is 0 Å². The zero-order valence-electron chi connectivity index (χ0n) is 18.1. The first-order valence-corrected chi connectivity index (χ1v) is 11.3. The average molecular weight is 475 g/mol. The summed E-state index contributed by atoms with van der Waals surface area (Å²) in [6.07, 6.45) is 1.38. The number of amides is 1. The Balaban J connectivity index is 1.68. The number of carbonyl (C=O) groups excluding carboxylic acids is 1. The number of carbonyl (C=O) groups is 1. The van der Waals surface area contributed by atoms with Gasteiger partial charge in [0.05, 0.1) is 10.8 Å². The topological polar surface area (TPSA) is 69.0 Å². The lowest BCUT2D eigenvalue weighted by molar-refractivity contribution is -0.113. The van der Waals surface area contributed by atoms with E-state index in [9.17, 15) is 9.18 Å². The molecule has 0 fully saturated rings. The summed E-state index contributed by atoms with van der Waals surface area (Å²) >= 11 is 7.00. The summed E-state index contributed by atoms with van der Waals surface area (Å²) in [4.78, 5) is 12.3. The minimum Gasteiger partial charge on any atom is -0.482 e. The Hall–Kier alpha value is -2.84. The molecule has 0 radical (unpaired) electrons. The van der Waals surface area contributed by atoms with E-state index < -0.39 is 5.82 Å². The van der Waals surface area contributed by atoms with Gasteiger partial charge in [-0.15, -0.1) is 16.8 Å². The van der Waals surface area contributed by atoms with Crippen LogP contribution in [0.5, 0.6) is 5.75 Å². The van der Waals surface area contributed by atoms with Gasteiger partial charge in [-0.2, -0.15) is 0 Å². The number of aryl methyl sites for hydroxylation is 2. The smallest absolute Gasteiger partial charge is 0.234 e. The van der Waals surface area contributed by atoms with Crippen LogP contribution in [-0.4, -0.2) is 26.4 Å². The Morgan fingerprint density at radius 3 is 2.78 bits per heavy atom. The van der Waals surface area contributed by atoms with Gasteiger partial charge in [-0.25, -0.2) is 4.39 Å². The van der Waals surface area contributed by atoms with E-state index in [-0.39, 0.29) is 22.8 Å². The Labute approximate surface area is 195 Å². The first-order valence-electron chi connectivity index (χ1n) is 9.94. The molecule has 1 unspecified atom stereocenters. The zero-order chi connectivity index (χ0) is 23.3. The first-order chi connectivity index (χ1) is 15.3. The van der Waals surface area contributed by atoms with Crippen LogP contribution in [0.4, 0.5) is 10.1 Å². The molecule has 32 heavy (non-hydrogen) atoms. The van der Waals surface area contributed by atoms with Crippen LogP contribution in [0, 0.1) is 19.7 Å². The fourth-order valence-corrected chi connectivity index (χ4v) is 4.02. The maximum Gasteiger partial charge on any atom is 0.234 e. The largest absolute Gasteiger partial charge is 0.482 e. The lowest BCUT2D eigenvalue weighted by Crippen LogP contribution is -2.15. The number of aromatic nitrogens is 3. The van der Waals surface area contributed by atoms with E-state index in [1.807, 2.05) is 37.5 Å². The van der Waals surface area contributed by atoms with Crippen molar-refractivity contribution in [2.75, 3.05) is 11.1 Å². The number of hydrogen-bond donors (Lipinski definition) is 1. The highest BCUT2D eigenvalue weighted by atomic mass is 35.5. The standard InChI is InChI=1S/C23H24ClFN4O2S/c1-5-10-29-22(16(4)31-20-9-6-14(2)11-15(20)3)27-28-23(29)32-13-21(30)26-17-7-8-19(25)18(24)12-17/h5-9,11-12,16H,1,10,13H2,2-4H3,(H,26,30). The zero-order valence-corrected chi connectivity index (χ0v) is 19.6. The third-order valence-electron chi connectivity index (χ3n) is 4.59. The number of hydrogen-bond acceptors (Lipinski definition) is 5. The second-order valence-corrected chi connectivity index (χ2v) is 8.58. The molecule has 0 saturated carbocycles. The van der Waals surface area contributed by atoms with E-state index in [1.165, 1.54) is 30.0 Å². The van der Waals surface area contributed by atoms with Crippen molar-refractivity contribution in [2.24, 2.45) is 0 Å². The van der Waals surface area contributed by atoms with Gasteiger partial charge < -0.3 is 10.1 Å². The van der Waals surface area contributed by atoms with E-state index in [1.54, 1.807) is 6.08 Å². The van der Waals surface area contributed by atoms with E-state index >= 15 is 0 Å². The molecule has 0 bridgehead atoms. The van der Waals surface area contributed by atoms with Crippen LogP contribution in [0.15, 0.2) is 54.2 Å². The Morgan fingerprint density at radius 2 is 2.09 bits per heavy atom. The fraction of sp³-hybridized carbons (Fsp3) is 0.261. The molecule has 0 saturated heterocycles. The van der Waals surface area contributed by atoms with E-state index in [0.717, 1.165) is 16.9 Å². The van der Waals surface area contributed by atoms with Crippen LogP contribution in [0.3, 0.4) is 0 Å². The van der Waals surface area contributed by atoms with Gasteiger partial charge in [0.25, 0.3) is 0 Å². The molecule has 1 aromatic heterocycles. The quantitative estimate of drug-likeness (QED) is 0.316. The number of halogens is 2. The maximum absolute atomic E-state index is 13.3. The molecule has 3 rings (SSSR count). The molecule has 1 amide bonds. The van der Waals surface area contributed by atoms with Crippen molar-refractivity contribution in [1.29, 1.82) is 0 Å². The highest BCUT2D eigenvalue weighted by Crippen LogP contribution is 2.27. The second kappa shape index (κ2) is 10.7. The number of ether oxygens (including phenoxy) is 1. The minimum atomic E-state index is -0.540. The molecule has 6 nitrogen and oxygen atoms in total. The van der Waals surface area contributed by atoms with E-state index in [0.29, 0.717) is 23.2 Å². The second-order valence-electron chi connectivity index (χ2n) is 7.23. The highest BCUT2D eigenvalue weighted by Gasteiger charge is 2.20. The molecular formula is C23H24ClFN4O2S. The SMILES string of the molecule is C=CCn1c(SCC(=O)Nc2ccc(F)c(Cl)c2)nnc1C(C)Oc1ccc(C)cc1C. The van der Waals surface area contributed by atoms with E-state index in [2.05, 4.69) is 28.2 Å². The Morgan fingerprint density at radius 1 is 1.31 bits per heavy atom. The summed E-state index contributed by atoms with van der Waals surface area (Å²) in [5.41, 5.74) is 2.63. The van der Waals surface area contributed by atoms with Gasteiger partial charge >= 0.3 is 0 Å². The predicted octanol–water partition coefficient (Wildman–Crippen LogP) is 5.74. The van der Waals surface area contributed by atoms with Crippen LogP contribution in [0.25, 0.3) is 0 Å². The van der Waals surface area contributed by atoms with Crippen molar-refractivity contribution in [3.8, 4) is 5.75 Å². The number of allylic oxidation sites excluding steroid dienone is 1. The van der Waals surface area contributed by atoms with Gasteiger partial charge in [0.1, 0.15) is 11.6 Å². The van der Waals surface area contributed by atoms with Gasteiger partial charge in [-0.05, 0) is 50.6 Å². The molecule has 0 aliphatic carbocycles. The lowest BCUT2D eigenvalue weighted by atomic mass is 10.1. The maximum atomic E-state index is 13.3. The molecule has 9 heteroatoms. The highest BCUT2D eigenvalue weighted by molar-refractivity contribution is 7.99. The Bertz CT molecular complexity index is 1140. The van der Waals surface area contributed by atoms with Crippen molar-refractivity contribution in [1.82, 2.24) is 14.8 Å². The van der Waals surface area contributed by atoms with Crippen molar-refractivity contribution >= 4 is 35.0 Å². The van der Waals surface area contributed by atoms with Gasteiger partial charge in [-0.1, -0.05) is 47.1 Å². The van der Waals surface area contributed by atoms with Crippen LogP contribution in [0.1, 0.15) is 30.0 Å². The molecule has 3 aromatic rings. The van der Waals surface area contributed by atoms with Crippen molar-refractivity contribution in [2.45, 2.75) is 38.6 Å². The summed E-state index contributed by atoms with van der Waals surface area (Å²) < 4.78 is 21.3. The molecular weight excluding hydrogens is 451 g/mol. The summed E-state index contributed by atoms with van der Waals surface area (Å²) in [5, 5.41) is 11.7. The minimum absolute atomic E-state index is 0.0522. The van der Waals surface area contributed by atoms with Gasteiger partial charge in [-0.3, -0.25) is 9.36 Å². The average Bonchev–Trinajstić information content (AvgIpc) is 3.14. The van der Waals surface area contributed by atoms with Crippen LogP contribution in [-0.2, 0) is 11.3 Å². The summed E-state index contributed by atoms with van der Waals surface area (Å²) in [6, 6.07) is 10.0. The molecule has 1 N–H and O–H groups in total. The lowest BCUT2D eigenvalue weighted by Gasteiger charge is -2.17. The van der Waals surface area contributed by atoms with E-state index in [4.69, 9.17) is 16.3 Å². The van der Waals surface area contributed by atoms with Crippen LogP contribution < -0.4 is 10.1 Å². The number of benzene rings is 2. The molecule has 0 aliphatic rings. The molecule has 1 heterocycles. The third-order valence-corrected chi connectivity index (χ3v) is 5.85. The normalized spacial score (nSPS) is 11.8.